The fourth-order valence-electron chi connectivity index (χ4n) is 0.896. The first-order valence-corrected chi connectivity index (χ1v) is 3.51. The van der Waals surface area contributed by atoms with Crippen molar-refractivity contribution in [2.75, 3.05) is 0 Å². The number of nitrogens with two attached hydrogens (primary N) is 1. The Morgan fingerprint density at radius 1 is 1.69 bits per heavy atom. The molecule has 68 valence electrons. The molecule has 6 nitrogen and oxygen atoms in total. The second-order valence-electron chi connectivity index (χ2n) is 2.37. The summed E-state index contributed by atoms with van der Waals surface area (Å²) < 4.78 is 1.09. The van der Waals surface area contributed by atoms with E-state index in [4.69, 9.17) is 5.73 Å². The number of rotatable bonds is 4. The summed E-state index contributed by atoms with van der Waals surface area (Å²) in [5.41, 5.74) is 5.63. The Balaban J connectivity index is 2.78. The molecule has 1 amide bonds. The van der Waals surface area contributed by atoms with Gasteiger partial charge in [0.2, 0.25) is 5.91 Å². The van der Waals surface area contributed by atoms with Crippen molar-refractivity contribution < 1.29 is 14.5 Å². The van der Waals surface area contributed by atoms with E-state index in [1.165, 1.54) is 12.4 Å². The smallest absolute Gasteiger partial charge is 0.369 e. The van der Waals surface area contributed by atoms with Crippen LogP contribution in [0.4, 0.5) is 0 Å². The van der Waals surface area contributed by atoms with E-state index >= 15 is 0 Å². The molecule has 1 aromatic rings. The number of pyridine rings is 1. The van der Waals surface area contributed by atoms with E-state index in [2.05, 4.69) is 10.3 Å². The van der Waals surface area contributed by atoms with Crippen LogP contribution in [0.5, 0.6) is 0 Å². The normalized spacial score (nSPS) is 9.23. The maximum atomic E-state index is 10.5. The first-order chi connectivity index (χ1) is 6.22. The molecule has 6 heteroatoms. The molecule has 13 heavy (non-hydrogen) atoms. The molecular formula is C7H8N3O3+. The van der Waals surface area contributed by atoms with E-state index in [9.17, 15) is 9.70 Å². The predicted molar refractivity (Wildman–Crippen MR) is 41.9 cm³/mol. The molecular weight excluding hydrogens is 174 g/mol. The number of primary amides is 1. The SMILES string of the molecule is NC(=O)Cc1ccc[n+](ON=O)c1. The van der Waals surface area contributed by atoms with E-state index in [1.807, 2.05) is 0 Å². The molecule has 0 fully saturated rings. The molecule has 0 saturated carbocycles. The number of carbonyl (C=O) groups is 1. The Morgan fingerprint density at radius 3 is 3.08 bits per heavy atom. The van der Waals surface area contributed by atoms with Crippen molar-refractivity contribution in [1.29, 1.82) is 0 Å². The Hall–Kier alpha value is -1.98. The minimum absolute atomic E-state index is 0.100. The summed E-state index contributed by atoms with van der Waals surface area (Å²) >= 11 is 0. The summed E-state index contributed by atoms with van der Waals surface area (Å²) in [4.78, 5) is 24.5. The third kappa shape index (κ3) is 2.86. The monoisotopic (exact) mass is 182 g/mol. The van der Waals surface area contributed by atoms with Crippen molar-refractivity contribution >= 4 is 5.91 Å². The van der Waals surface area contributed by atoms with Crippen LogP contribution in [0.3, 0.4) is 0 Å². The Kier molecular flexibility index (Phi) is 2.91. The van der Waals surface area contributed by atoms with Gasteiger partial charge in [-0.2, -0.15) is 0 Å². The zero-order valence-electron chi connectivity index (χ0n) is 6.71. The highest BCUT2D eigenvalue weighted by molar-refractivity contribution is 5.76. The molecule has 0 bridgehead atoms. The van der Waals surface area contributed by atoms with Gasteiger partial charge in [0.05, 0.1) is 6.42 Å². The second-order valence-corrected chi connectivity index (χ2v) is 2.37. The fourth-order valence-corrected chi connectivity index (χ4v) is 0.896. The summed E-state index contributed by atoms with van der Waals surface area (Å²) in [5, 5.41) is 2.22. The molecule has 0 aliphatic heterocycles. The Morgan fingerprint density at radius 2 is 2.46 bits per heavy atom. The van der Waals surface area contributed by atoms with E-state index in [1.54, 1.807) is 12.1 Å². The van der Waals surface area contributed by atoms with Crippen molar-refractivity contribution in [2.24, 2.45) is 11.1 Å². The molecule has 0 atom stereocenters. The second kappa shape index (κ2) is 4.15. The van der Waals surface area contributed by atoms with Gasteiger partial charge < -0.3 is 5.73 Å². The first kappa shape index (κ1) is 9.11. The standard InChI is InChI=1S/C7H7N3O3/c8-7(11)4-6-2-1-3-10(5-6)13-9-12/h1-3,5H,4H2,(H-,8,11)/p+1. The van der Waals surface area contributed by atoms with Crippen LogP contribution in [-0.4, -0.2) is 5.91 Å². The van der Waals surface area contributed by atoms with Crippen LogP contribution in [0.1, 0.15) is 5.56 Å². The van der Waals surface area contributed by atoms with Gasteiger partial charge in [0.1, 0.15) is 12.4 Å². The topological polar surface area (TPSA) is 85.6 Å². The maximum Gasteiger partial charge on any atom is 0.431 e. The van der Waals surface area contributed by atoms with Crippen LogP contribution in [0.25, 0.3) is 0 Å². The van der Waals surface area contributed by atoms with Crippen LogP contribution in [0.15, 0.2) is 29.9 Å². The molecule has 0 radical (unpaired) electrons. The predicted octanol–water partition coefficient (Wildman–Crippen LogP) is -0.888. The number of nitrogens with zero attached hydrogens (tertiary/aromatic N) is 2. The van der Waals surface area contributed by atoms with Crippen molar-refractivity contribution in [1.82, 2.24) is 0 Å². The quantitative estimate of drug-likeness (QED) is 0.372. The number of carbonyl (C=O) groups excluding carboxylic acids is 1. The molecule has 0 aliphatic rings. The van der Waals surface area contributed by atoms with Crippen LogP contribution in [-0.2, 0) is 11.2 Å². The first-order valence-electron chi connectivity index (χ1n) is 3.51. The third-order valence-corrected chi connectivity index (χ3v) is 1.34. The van der Waals surface area contributed by atoms with Gasteiger partial charge in [-0.25, -0.2) is 0 Å². The van der Waals surface area contributed by atoms with Crippen molar-refractivity contribution in [3.8, 4) is 0 Å². The van der Waals surface area contributed by atoms with Gasteiger partial charge in [-0.3, -0.25) is 4.79 Å². The van der Waals surface area contributed by atoms with Gasteiger partial charge in [-0.15, -0.1) is 0 Å². The average molecular weight is 182 g/mol. The Bertz CT molecular complexity index is 327. The highest BCUT2D eigenvalue weighted by atomic mass is 16.8. The molecule has 1 rings (SSSR count). The number of amides is 1. The van der Waals surface area contributed by atoms with Gasteiger partial charge >= 0.3 is 5.34 Å². The van der Waals surface area contributed by atoms with Crippen LogP contribution < -0.4 is 15.4 Å². The zero-order chi connectivity index (χ0) is 9.68. The van der Waals surface area contributed by atoms with Gasteiger partial charge in [0.15, 0.2) is 0 Å². The van der Waals surface area contributed by atoms with Gasteiger partial charge in [0.25, 0.3) is 0 Å². The lowest BCUT2D eigenvalue weighted by atomic mass is 10.2. The van der Waals surface area contributed by atoms with Crippen molar-refractivity contribution in [3.63, 3.8) is 0 Å². The molecule has 2 N–H and O–H groups in total. The lowest BCUT2D eigenvalue weighted by molar-refractivity contribution is -0.894. The van der Waals surface area contributed by atoms with Gasteiger partial charge in [0, 0.05) is 10.5 Å². The molecule has 0 aliphatic carbocycles. The van der Waals surface area contributed by atoms with Crippen molar-refractivity contribution in [2.45, 2.75) is 6.42 Å². The largest absolute Gasteiger partial charge is 0.431 e. The minimum Gasteiger partial charge on any atom is -0.369 e. The summed E-state index contributed by atoms with van der Waals surface area (Å²) in [6.45, 7) is 0. The van der Waals surface area contributed by atoms with Crippen LogP contribution in [0.2, 0.25) is 0 Å². The minimum atomic E-state index is -0.447. The number of aromatic nitrogens is 1. The molecule has 0 unspecified atom stereocenters. The molecule has 0 spiro atoms. The lowest BCUT2D eigenvalue weighted by Crippen LogP contribution is -2.39. The summed E-state index contributed by atoms with van der Waals surface area (Å²) in [5.74, 6) is -0.447. The zero-order valence-corrected chi connectivity index (χ0v) is 6.71. The van der Waals surface area contributed by atoms with Gasteiger partial charge in [-0.05, 0) is 15.7 Å². The third-order valence-electron chi connectivity index (χ3n) is 1.34. The molecule has 1 heterocycles. The molecule has 0 saturated heterocycles. The van der Waals surface area contributed by atoms with Crippen molar-refractivity contribution in [3.05, 3.63) is 35.0 Å². The fraction of sp³-hybridized carbons (Fsp3) is 0.143. The van der Waals surface area contributed by atoms with E-state index in [0.29, 0.717) is 5.56 Å². The molecule has 1 aromatic heterocycles. The maximum absolute atomic E-state index is 10.5. The highest BCUT2D eigenvalue weighted by Gasteiger charge is 2.03. The number of hydrogen-bond donors (Lipinski definition) is 1. The summed E-state index contributed by atoms with van der Waals surface area (Å²) in [6.07, 6.45) is 3.03. The Labute approximate surface area is 73.8 Å². The lowest BCUT2D eigenvalue weighted by Gasteiger charge is -1.94. The van der Waals surface area contributed by atoms with E-state index in [-0.39, 0.29) is 6.42 Å². The number of hydrogen-bond acceptors (Lipinski definition) is 4. The summed E-state index contributed by atoms with van der Waals surface area (Å²) in [7, 11) is 0. The van der Waals surface area contributed by atoms with E-state index in [0.717, 1.165) is 4.73 Å². The summed E-state index contributed by atoms with van der Waals surface area (Å²) in [6, 6.07) is 3.30. The van der Waals surface area contributed by atoms with E-state index < -0.39 is 5.91 Å². The van der Waals surface area contributed by atoms with Crippen LogP contribution in [0, 0.1) is 4.91 Å². The van der Waals surface area contributed by atoms with Crippen LogP contribution >= 0.6 is 0 Å². The highest BCUT2D eigenvalue weighted by Crippen LogP contribution is 1.94. The average Bonchev–Trinajstić information content (AvgIpc) is 2.04. The molecule has 0 aromatic carbocycles. The van der Waals surface area contributed by atoms with Gasteiger partial charge in [-0.1, -0.05) is 6.07 Å².